The van der Waals surface area contributed by atoms with E-state index in [0.29, 0.717) is 24.5 Å². The first-order chi connectivity index (χ1) is 9.65. The van der Waals surface area contributed by atoms with E-state index in [9.17, 15) is 9.18 Å². The van der Waals surface area contributed by atoms with E-state index < -0.39 is 5.82 Å². The lowest BCUT2D eigenvalue weighted by atomic mass is 10.1. The van der Waals surface area contributed by atoms with Gasteiger partial charge in [0.25, 0.3) is 5.91 Å². The Morgan fingerprint density at radius 2 is 2.35 bits per heavy atom. The zero-order valence-electron chi connectivity index (χ0n) is 10.4. The van der Waals surface area contributed by atoms with Crippen molar-refractivity contribution in [3.05, 3.63) is 46.8 Å². The smallest absolute Gasteiger partial charge is 0.253 e. The molecule has 1 atom stereocenters. The van der Waals surface area contributed by atoms with Gasteiger partial charge in [0.2, 0.25) is 6.39 Å². The van der Waals surface area contributed by atoms with E-state index >= 15 is 0 Å². The maximum Gasteiger partial charge on any atom is 0.253 e. The summed E-state index contributed by atoms with van der Waals surface area (Å²) in [5.74, 6) is -0.0155. The standard InChI is InChI=1S/C13H11ClFN3O2/c14-10-5-8(1-2-11(10)15)13(19)18-4-3-9(6-18)12-16-7-20-17-12/h1-2,5,7,9H,3-4,6H2/t9-/m1/s1. The van der Waals surface area contributed by atoms with Gasteiger partial charge in [0, 0.05) is 24.6 Å². The lowest BCUT2D eigenvalue weighted by molar-refractivity contribution is 0.0790. The van der Waals surface area contributed by atoms with Crippen LogP contribution in [-0.4, -0.2) is 34.0 Å². The molecular formula is C13H11ClFN3O2. The molecule has 1 aliphatic heterocycles. The van der Waals surface area contributed by atoms with E-state index in [1.54, 1.807) is 4.90 Å². The summed E-state index contributed by atoms with van der Waals surface area (Å²) in [5.41, 5.74) is 0.380. The minimum absolute atomic E-state index is 0.0511. The highest BCUT2D eigenvalue weighted by Crippen LogP contribution is 2.26. The van der Waals surface area contributed by atoms with Crippen molar-refractivity contribution in [2.75, 3.05) is 13.1 Å². The fourth-order valence-electron chi connectivity index (χ4n) is 2.33. The molecule has 0 saturated carbocycles. The number of benzene rings is 1. The van der Waals surface area contributed by atoms with Crippen molar-refractivity contribution in [3.63, 3.8) is 0 Å². The normalized spacial score (nSPS) is 18.5. The van der Waals surface area contributed by atoms with Crippen LogP contribution in [0.15, 0.2) is 29.1 Å². The van der Waals surface area contributed by atoms with Crippen LogP contribution >= 0.6 is 11.6 Å². The van der Waals surface area contributed by atoms with Crippen molar-refractivity contribution >= 4 is 17.5 Å². The summed E-state index contributed by atoms with van der Waals surface area (Å²) in [7, 11) is 0. The van der Waals surface area contributed by atoms with Crippen molar-refractivity contribution in [1.82, 2.24) is 15.0 Å². The molecule has 0 N–H and O–H groups in total. The molecule has 1 amide bonds. The van der Waals surface area contributed by atoms with Crippen molar-refractivity contribution in [1.29, 1.82) is 0 Å². The third-order valence-corrected chi connectivity index (χ3v) is 3.68. The molecule has 0 spiro atoms. The van der Waals surface area contributed by atoms with E-state index in [1.165, 1.54) is 24.6 Å². The number of likely N-dealkylation sites (tertiary alicyclic amines) is 1. The summed E-state index contributed by atoms with van der Waals surface area (Å²) < 4.78 is 17.8. The number of carbonyl (C=O) groups is 1. The van der Waals surface area contributed by atoms with Gasteiger partial charge in [-0.25, -0.2) is 4.39 Å². The van der Waals surface area contributed by atoms with Gasteiger partial charge in [-0.1, -0.05) is 16.8 Å². The molecule has 0 unspecified atom stereocenters. The van der Waals surface area contributed by atoms with Gasteiger partial charge in [-0.15, -0.1) is 0 Å². The first-order valence-electron chi connectivity index (χ1n) is 6.16. The second kappa shape index (κ2) is 5.20. The number of hydrogen-bond acceptors (Lipinski definition) is 4. The molecule has 1 aromatic heterocycles. The van der Waals surface area contributed by atoms with Crippen LogP contribution in [0.3, 0.4) is 0 Å². The van der Waals surface area contributed by atoms with E-state index in [4.69, 9.17) is 16.1 Å². The van der Waals surface area contributed by atoms with Crippen LogP contribution in [0.4, 0.5) is 4.39 Å². The fourth-order valence-corrected chi connectivity index (χ4v) is 2.51. The van der Waals surface area contributed by atoms with Crippen LogP contribution in [0.1, 0.15) is 28.5 Å². The maximum atomic E-state index is 13.1. The largest absolute Gasteiger partial charge is 0.343 e. The average Bonchev–Trinajstić information content (AvgIpc) is 3.11. The van der Waals surface area contributed by atoms with Gasteiger partial charge < -0.3 is 9.42 Å². The monoisotopic (exact) mass is 295 g/mol. The Morgan fingerprint density at radius 1 is 1.50 bits per heavy atom. The lowest BCUT2D eigenvalue weighted by Gasteiger charge is -2.16. The van der Waals surface area contributed by atoms with Gasteiger partial charge in [-0.05, 0) is 24.6 Å². The van der Waals surface area contributed by atoms with Gasteiger partial charge in [0.1, 0.15) is 5.82 Å². The van der Waals surface area contributed by atoms with Crippen LogP contribution in [-0.2, 0) is 0 Å². The van der Waals surface area contributed by atoms with E-state index in [2.05, 4.69) is 10.1 Å². The van der Waals surface area contributed by atoms with Crippen LogP contribution in [0.5, 0.6) is 0 Å². The molecule has 2 heterocycles. The minimum atomic E-state index is -0.533. The highest BCUT2D eigenvalue weighted by atomic mass is 35.5. The fraction of sp³-hybridized carbons (Fsp3) is 0.308. The number of hydrogen-bond donors (Lipinski definition) is 0. The molecule has 1 aromatic carbocycles. The van der Waals surface area contributed by atoms with E-state index in [1.807, 2.05) is 0 Å². The molecule has 0 bridgehead atoms. The summed E-state index contributed by atoms with van der Waals surface area (Å²) in [4.78, 5) is 18.0. The maximum absolute atomic E-state index is 13.1. The number of aromatic nitrogens is 2. The second-order valence-electron chi connectivity index (χ2n) is 4.66. The number of nitrogens with zero attached hydrogens (tertiary/aromatic N) is 3. The Bertz CT molecular complexity index is 633. The summed E-state index contributed by atoms with van der Waals surface area (Å²) in [6.07, 6.45) is 2.06. The molecule has 0 radical (unpaired) electrons. The van der Waals surface area contributed by atoms with Crippen LogP contribution in [0, 0.1) is 5.82 Å². The van der Waals surface area contributed by atoms with Gasteiger partial charge in [0.05, 0.1) is 5.02 Å². The van der Waals surface area contributed by atoms with Crippen LogP contribution in [0.25, 0.3) is 0 Å². The summed E-state index contributed by atoms with van der Waals surface area (Å²) >= 11 is 5.70. The third kappa shape index (κ3) is 2.38. The lowest BCUT2D eigenvalue weighted by Crippen LogP contribution is -2.28. The summed E-state index contributed by atoms with van der Waals surface area (Å²) in [5, 5.41) is 3.74. The van der Waals surface area contributed by atoms with Crippen LogP contribution < -0.4 is 0 Å². The molecular weight excluding hydrogens is 285 g/mol. The number of rotatable bonds is 2. The van der Waals surface area contributed by atoms with Crippen molar-refractivity contribution < 1.29 is 13.7 Å². The molecule has 5 nitrogen and oxygen atoms in total. The molecule has 2 aromatic rings. The molecule has 104 valence electrons. The first-order valence-corrected chi connectivity index (χ1v) is 6.53. The molecule has 7 heteroatoms. The Balaban J connectivity index is 1.74. The summed E-state index contributed by atoms with van der Waals surface area (Å²) in [6, 6.07) is 3.98. The summed E-state index contributed by atoms with van der Waals surface area (Å²) in [6.45, 7) is 1.13. The Kier molecular flexibility index (Phi) is 3.40. The Labute approximate surface area is 119 Å². The highest BCUT2D eigenvalue weighted by Gasteiger charge is 2.30. The van der Waals surface area contributed by atoms with E-state index in [0.717, 1.165) is 6.42 Å². The Morgan fingerprint density at radius 3 is 3.05 bits per heavy atom. The molecule has 1 aliphatic rings. The van der Waals surface area contributed by atoms with Gasteiger partial charge >= 0.3 is 0 Å². The zero-order chi connectivity index (χ0) is 14.1. The second-order valence-corrected chi connectivity index (χ2v) is 5.06. The van der Waals surface area contributed by atoms with Gasteiger partial charge in [-0.2, -0.15) is 4.98 Å². The molecule has 20 heavy (non-hydrogen) atoms. The minimum Gasteiger partial charge on any atom is -0.343 e. The third-order valence-electron chi connectivity index (χ3n) is 3.39. The predicted octanol–water partition coefficient (Wildman–Crippen LogP) is 2.49. The quantitative estimate of drug-likeness (QED) is 0.854. The number of amides is 1. The van der Waals surface area contributed by atoms with Crippen LogP contribution in [0.2, 0.25) is 5.02 Å². The van der Waals surface area contributed by atoms with Gasteiger partial charge in [-0.3, -0.25) is 4.79 Å². The van der Waals surface area contributed by atoms with Crippen molar-refractivity contribution in [2.24, 2.45) is 0 Å². The zero-order valence-corrected chi connectivity index (χ0v) is 11.2. The van der Waals surface area contributed by atoms with E-state index in [-0.39, 0.29) is 16.8 Å². The molecule has 1 saturated heterocycles. The molecule has 1 fully saturated rings. The van der Waals surface area contributed by atoms with Gasteiger partial charge in [0.15, 0.2) is 5.82 Å². The average molecular weight is 296 g/mol. The number of halogens is 2. The Hall–Kier alpha value is -1.95. The SMILES string of the molecule is O=C(c1ccc(F)c(Cl)c1)N1CC[C@@H](c2ncon2)C1. The topological polar surface area (TPSA) is 59.2 Å². The highest BCUT2D eigenvalue weighted by molar-refractivity contribution is 6.31. The first kappa shape index (κ1) is 13.1. The predicted molar refractivity (Wildman–Crippen MR) is 69.0 cm³/mol. The van der Waals surface area contributed by atoms with Crippen molar-refractivity contribution in [3.8, 4) is 0 Å². The number of carbonyl (C=O) groups excluding carboxylic acids is 1. The molecule has 3 rings (SSSR count). The molecule has 0 aliphatic carbocycles. The van der Waals surface area contributed by atoms with Crippen molar-refractivity contribution in [2.45, 2.75) is 12.3 Å².